The molecule has 218 valence electrons. The van der Waals surface area contributed by atoms with Crippen LogP contribution in [0, 0.1) is 6.92 Å². The predicted molar refractivity (Wildman–Crippen MR) is 164 cm³/mol. The number of nitrogens with zero attached hydrogens (tertiary/aromatic N) is 2. The number of rotatable bonds is 9. The molecule has 9 nitrogen and oxygen atoms in total. The number of halogens is 4. The van der Waals surface area contributed by atoms with E-state index < -0.39 is 21.8 Å². The average molecular weight is 668 g/mol. The van der Waals surface area contributed by atoms with Gasteiger partial charge in [-0.1, -0.05) is 58.5 Å². The number of aryl methyl sites for hydroxylation is 1. The number of furan rings is 1. The van der Waals surface area contributed by atoms with Gasteiger partial charge in [0.2, 0.25) is 10.0 Å². The van der Waals surface area contributed by atoms with E-state index in [-0.39, 0.29) is 34.5 Å². The van der Waals surface area contributed by atoms with Crippen molar-refractivity contribution in [2.24, 2.45) is 5.10 Å². The number of hydrogen-bond donors (Lipinski definition) is 2. The van der Waals surface area contributed by atoms with Crippen molar-refractivity contribution in [3.63, 3.8) is 0 Å². The summed E-state index contributed by atoms with van der Waals surface area (Å²) >= 11 is 24.1. The molecule has 0 fully saturated rings. The lowest BCUT2D eigenvalue weighted by molar-refractivity contribution is -0.136. The van der Waals surface area contributed by atoms with E-state index in [1.165, 1.54) is 46.9 Å². The van der Waals surface area contributed by atoms with Crippen LogP contribution in [0.15, 0.2) is 87.2 Å². The maximum absolute atomic E-state index is 13.6. The van der Waals surface area contributed by atoms with Crippen molar-refractivity contribution in [3.05, 3.63) is 116 Å². The van der Waals surface area contributed by atoms with Gasteiger partial charge in [0, 0.05) is 22.3 Å². The van der Waals surface area contributed by atoms with Gasteiger partial charge in [0.05, 0.1) is 27.7 Å². The second kappa shape index (κ2) is 13.7. The van der Waals surface area contributed by atoms with Crippen LogP contribution < -0.4 is 10.7 Å². The quantitative estimate of drug-likeness (QED) is 0.117. The summed E-state index contributed by atoms with van der Waals surface area (Å²) in [6, 6.07) is 18.6. The fourth-order valence-corrected chi connectivity index (χ4v) is 5.67. The maximum atomic E-state index is 13.6. The first kappa shape index (κ1) is 31.6. The van der Waals surface area contributed by atoms with Gasteiger partial charge < -0.3 is 9.73 Å². The lowest BCUT2D eigenvalue weighted by Gasteiger charge is -2.22. The minimum absolute atomic E-state index is 0.0364. The molecule has 0 radical (unpaired) electrons. The van der Waals surface area contributed by atoms with Crippen molar-refractivity contribution >= 4 is 80.1 Å². The zero-order valence-corrected chi connectivity index (χ0v) is 25.6. The second-order valence-electron chi connectivity index (χ2n) is 8.89. The van der Waals surface area contributed by atoms with Gasteiger partial charge in [-0.15, -0.1) is 0 Å². The fourth-order valence-electron chi connectivity index (χ4n) is 3.66. The monoisotopic (exact) mass is 666 g/mol. The Balaban J connectivity index is 1.46. The fraction of sp³-hybridized carbons (Fsp3) is 0.107. The van der Waals surface area contributed by atoms with Gasteiger partial charge in [-0.25, -0.2) is 13.8 Å². The summed E-state index contributed by atoms with van der Waals surface area (Å²) in [6.45, 7) is 1.57. The Morgan fingerprint density at radius 1 is 0.857 bits per heavy atom. The molecule has 0 unspecified atom stereocenters. The summed E-state index contributed by atoms with van der Waals surface area (Å²) in [4.78, 5) is 24.4. The molecular weight excluding hydrogens is 646 g/mol. The van der Waals surface area contributed by atoms with E-state index >= 15 is 0 Å². The topological polar surface area (TPSA) is 121 Å². The molecule has 0 spiro atoms. The average Bonchev–Trinajstić information content (AvgIpc) is 3.39. The minimum atomic E-state index is -4.00. The SMILES string of the molecule is Cc1ccc(Cl)cc1NC(=O)C(=O)N/N=C/c1ccc(CN(Cc2ccc(Cl)c(Cl)c2)S(=O)(=O)c2ccc(Cl)cc2)o1. The molecule has 0 aliphatic carbocycles. The summed E-state index contributed by atoms with van der Waals surface area (Å²) in [6.07, 6.45) is 1.18. The Kier molecular flexibility index (Phi) is 10.3. The van der Waals surface area contributed by atoms with E-state index in [1.54, 1.807) is 43.3 Å². The Morgan fingerprint density at radius 3 is 2.29 bits per heavy atom. The standard InChI is InChI=1S/C28H22Cl4N4O5S/c1-17-2-4-20(30)13-26(17)34-27(37)28(38)35-33-14-21-7-8-22(41-21)16-36(15-18-3-11-24(31)25(32)12-18)42(39,40)23-9-5-19(29)6-10-23/h2-14H,15-16H2,1H3,(H,34,37)(H,35,38)/b33-14+. The minimum Gasteiger partial charge on any atom is -0.459 e. The molecule has 4 aromatic rings. The molecule has 0 bridgehead atoms. The molecule has 4 rings (SSSR count). The van der Waals surface area contributed by atoms with Crippen molar-refractivity contribution < 1.29 is 22.4 Å². The third-order valence-corrected chi connectivity index (χ3v) is 8.85. The smallest absolute Gasteiger partial charge is 0.329 e. The van der Waals surface area contributed by atoms with Crippen molar-refractivity contribution in [1.82, 2.24) is 9.73 Å². The zero-order chi connectivity index (χ0) is 30.4. The maximum Gasteiger partial charge on any atom is 0.329 e. The van der Waals surface area contributed by atoms with Crippen LogP contribution in [0.25, 0.3) is 0 Å². The molecule has 2 amide bonds. The van der Waals surface area contributed by atoms with E-state index in [9.17, 15) is 18.0 Å². The molecule has 0 saturated heterocycles. The summed E-state index contributed by atoms with van der Waals surface area (Å²) in [5.74, 6) is -1.47. The molecule has 2 N–H and O–H groups in total. The molecule has 1 heterocycles. The molecule has 14 heteroatoms. The first-order valence-corrected chi connectivity index (χ1v) is 15.1. The van der Waals surface area contributed by atoms with Gasteiger partial charge in [0.15, 0.2) is 0 Å². The van der Waals surface area contributed by atoms with Gasteiger partial charge >= 0.3 is 11.8 Å². The first-order chi connectivity index (χ1) is 19.9. The highest BCUT2D eigenvalue weighted by atomic mass is 35.5. The number of benzene rings is 3. The second-order valence-corrected chi connectivity index (χ2v) is 12.5. The summed E-state index contributed by atoms with van der Waals surface area (Å²) in [7, 11) is -4.00. The van der Waals surface area contributed by atoms with Crippen LogP contribution in [0.5, 0.6) is 0 Å². The number of nitrogens with one attached hydrogen (secondary N) is 2. The molecule has 42 heavy (non-hydrogen) atoms. The molecule has 0 aliphatic rings. The Labute approximate surface area is 262 Å². The first-order valence-electron chi connectivity index (χ1n) is 12.1. The number of anilines is 1. The van der Waals surface area contributed by atoms with Crippen LogP contribution in [0.4, 0.5) is 5.69 Å². The molecule has 3 aromatic carbocycles. The summed E-state index contributed by atoms with van der Waals surface area (Å²) in [5.41, 5.74) is 3.83. The normalized spacial score (nSPS) is 11.7. The third-order valence-electron chi connectivity index (χ3n) is 5.82. The highest BCUT2D eigenvalue weighted by Gasteiger charge is 2.26. The van der Waals surface area contributed by atoms with E-state index in [2.05, 4.69) is 15.8 Å². The number of sulfonamides is 1. The van der Waals surface area contributed by atoms with E-state index in [0.29, 0.717) is 26.3 Å². The number of hydrazone groups is 1. The summed E-state index contributed by atoms with van der Waals surface area (Å²) in [5, 5.41) is 7.63. The van der Waals surface area contributed by atoms with Crippen LogP contribution in [-0.2, 0) is 32.7 Å². The van der Waals surface area contributed by atoms with Crippen molar-refractivity contribution in [2.45, 2.75) is 24.9 Å². The van der Waals surface area contributed by atoms with E-state index in [0.717, 1.165) is 5.56 Å². The molecular formula is C28H22Cl4N4O5S. The zero-order valence-electron chi connectivity index (χ0n) is 21.8. The van der Waals surface area contributed by atoms with Crippen LogP contribution in [0.1, 0.15) is 22.6 Å². The number of carbonyl (C=O) groups is 2. The van der Waals surface area contributed by atoms with E-state index in [1.807, 2.05) is 0 Å². The largest absolute Gasteiger partial charge is 0.459 e. The third kappa shape index (κ3) is 8.13. The number of amides is 2. The van der Waals surface area contributed by atoms with Gasteiger partial charge in [0.1, 0.15) is 11.5 Å². The molecule has 0 saturated carbocycles. The van der Waals surface area contributed by atoms with Crippen molar-refractivity contribution in [2.75, 3.05) is 5.32 Å². The van der Waals surface area contributed by atoms with Crippen LogP contribution in [0.3, 0.4) is 0 Å². The Hall–Kier alpha value is -3.38. The van der Waals surface area contributed by atoms with Gasteiger partial charge in [-0.3, -0.25) is 9.59 Å². The Bertz CT molecular complexity index is 1760. The lowest BCUT2D eigenvalue weighted by atomic mass is 10.2. The Morgan fingerprint density at radius 2 is 1.57 bits per heavy atom. The molecule has 1 aromatic heterocycles. The predicted octanol–water partition coefficient (Wildman–Crippen LogP) is 6.68. The molecule has 0 atom stereocenters. The van der Waals surface area contributed by atoms with Crippen LogP contribution >= 0.6 is 46.4 Å². The van der Waals surface area contributed by atoms with Crippen LogP contribution in [-0.4, -0.2) is 30.8 Å². The van der Waals surface area contributed by atoms with Crippen LogP contribution in [0.2, 0.25) is 20.1 Å². The lowest BCUT2D eigenvalue weighted by Crippen LogP contribution is -2.32. The number of hydrogen-bond acceptors (Lipinski definition) is 6. The van der Waals surface area contributed by atoms with Crippen molar-refractivity contribution in [1.29, 1.82) is 0 Å². The van der Waals surface area contributed by atoms with E-state index in [4.69, 9.17) is 50.8 Å². The van der Waals surface area contributed by atoms with Gasteiger partial charge in [-0.2, -0.15) is 9.41 Å². The highest BCUT2D eigenvalue weighted by molar-refractivity contribution is 7.89. The number of carbonyl (C=O) groups excluding carboxylic acids is 2. The summed E-state index contributed by atoms with van der Waals surface area (Å²) < 4.78 is 34.0. The van der Waals surface area contributed by atoms with Gasteiger partial charge in [-0.05, 0) is 78.7 Å². The highest BCUT2D eigenvalue weighted by Crippen LogP contribution is 2.27. The molecule has 0 aliphatic heterocycles. The van der Waals surface area contributed by atoms with Crippen molar-refractivity contribution in [3.8, 4) is 0 Å². The van der Waals surface area contributed by atoms with Gasteiger partial charge in [0.25, 0.3) is 0 Å².